The van der Waals surface area contributed by atoms with Crippen molar-refractivity contribution < 1.29 is 9.90 Å². The number of carboxylic acids is 1. The molecule has 1 N–H and O–H groups in total. The van der Waals surface area contributed by atoms with Crippen molar-refractivity contribution in [1.82, 2.24) is 9.78 Å². The summed E-state index contributed by atoms with van der Waals surface area (Å²) < 4.78 is 1.63. The molecule has 0 saturated heterocycles. The molecule has 0 unspecified atom stereocenters. The highest BCUT2D eigenvalue weighted by atomic mass is 32.2. The Labute approximate surface area is 116 Å². The van der Waals surface area contributed by atoms with Crippen molar-refractivity contribution in [2.24, 2.45) is 7.05 Å². The number of rotatable bonds is 4. The van der Waals surface area contributed by atoms with Gasteiger partial charge in [-0.15, -0.1) is 11.8 Å². The maximum atomic E-state index is 11.1. The van der Waals surface area contributed by atoms with E-state index in [1.54, 1.807) is 23.5 Å². The summed E-state index contributed by atoms with van der Waals surface area (Å²) in [4.78, 5) is 12.3. The molecule has 0 spiro atoms. The van der Waals surface area contributed by atoms with Crippen LogP contribution in [0.1, 0.15) is 27.2 Å². The molecule has 0 bridgehead atoms. The Bertz CT molecular complexity index is 620. The summed E-state index contributed by atoms with van der Waals surface area (Å²) in [5.41, 5.74) is 3.42. The lowest BCUT2D eigenvalue weighted by Crippen LogP contribution is -2.03. The van der Waals surface area contributed by atoms with Crippen molar-refractivity contribution in [1.29, 1.82) is 0 Å². The van der Waals surface area contributed by atoms with E-state index < -0.39 is 5.97 Å². The minimum atomic E-state index is -0.926. The fourth-order valence-corrected chi connectivity index (χ4v) is 3.02. The van der Waals surface area contributed by atoms with Crippen LogP contribution in [-0.2, 0) is 12.8 Å². The smallest absolute Gasteiger partial charge is 0.339 e. The van der Waals surface area contributed by atoms with Crippen molar-refractivity contribution in [3.05, 3.63) is 46.8 Å². The minimum Gasteiger partial charge on any atom is -0.478 e. The second-order valence-electron chi connectivity index (χ2n) is 4.49. The molecule has 19 heavy (non-hydrogen) atoms. The first kappa shape index (κ1) is 13.7. The average molecular weight is 276 g/mol. The van der Waals surface area contributed by atoms with Crippen LogP contribution in [0.2, 0.25) is 0 Å². The van der Waals surface area contributed by atoms with Crippen LogP contribution in [0, 0.1) is 13.8 Å². The van der Waals surface area contributed by atoms with Gasteiger partial charge in [-0.1, -0.05) is 17.7 Å². The van der Waals surface area contributed by atoms with Gasteiger partial charge in [-0.25, -0.2) is 4.79 Å². The summed E-state index contributed by atoms with van der Waals surface area (Å²) in [6.45, 7) is 4.11. The Morgan fingerprint density at radius 1 is 1.42 bits per heavy atom. The van der Waals surface area contributed by atoms with E-state index in [1.165, 1.54) is 22.2 Å². The molecule has 1 heterocycles. The van der Waals surface area contributed by atoms with Crippen molar-refractivity contribution in [3.8, 4) is 0 Å². The van der Waals surface area contributed by atoms with E-state index in [-0.39, 0.29) is 5.56 Å². The molecule has 0 amide bonds. The third-order valence-electron chi connectivity index (χ3n) is 3.00. The highest BCUT2D eigenvalue weighted by Crippen LogP contribution is 2.27. The second-order valence-corrected chi connectivity index (χ2v) is 5.51. The van der Waals surface area contributed by atoms with Gasteiger partial charge in [0.1, 0.15) is 5.56 Å². The molecular formula is C14H16N2O2S. The molecule has 100 valence electrons. The van der Waals surface area contributed by atoms with E-state index >= 15 is 0 Å². The Morgan fingerprint density at radius 2 is 2.16 bits per heavy atom. The third-order valence-corrected chi connectivity index (χ3v) is 4.17. The normalized spacial score (nSPS) is 10.7. The first-order valence-electron chi connectivity index (χ1n) is 5.93. The molecule has 0 radical (unpaired) electrons. The Morgan fingerprint density at radius 3 is 2.84 bits per heavy atom. The predicted molar refractivity (Wildman–Crippen MR) is 75.6 cm³/mol. The van der Waals surface area contributed by atoms with Gasteiger partial charge in [0.15, 0.2) is 0 Å². The van der Waals surface area contributed by atoms with Gasteiger partial charge in [0.25, 0.3) is 0 Å². The average Bonchev–Trinajstić information content (AvgIpc) is 2.72. The molecule has 0 atom stereocenters. The molecule has 1 aromatic heterocycles. The van der Waals surface area contributed by atoms with Crippen LogP contribution in [0.5, 0.6) is 0 Å². The number of benzene rings is 1. The highest BCUT2D eigenvalue weighted by Gasteiger charge is 2.15. The molecule has 0 aliphatic carbocycles. The van der Waals surface area contributed by atoms with Crippen molar-refractivity contribution in [2.75, 3.05) is 0 Å². The molecule has 0 aliphatic heterocycles. The number of thioether (sulfide) groups is 1. The summed E-state index contributed by atoms with van der Waals surface area (Å²) in [6.07, 6.45) is 1.40. The lowest BCUT2D eigenvalue weighted by molar-refractivity contribution is 0.0696. The fraction of sp³-hybridized carbons (Fsp3) is 0.286. The maximum absolute atomic E-state index is 11.1. The SMILES string of the molecule is Cc1ccc(C)c(SCc2c(C(=O)O)cnn2C)c1. The van der Waals surface area contributed by atoms with Crippen LogP contribution >= 0.6 is 11.8 Å². The van der Waals surface area contributed by atoms with E-state index in [0.717, 1.165) is 5.69 Å². The number of aryl methyl sites for hydroxylation is 3. The van der Waals surface area contributed by atoms with Gasteiger partial charge >= 0.3 is 5.97 Å². The third kappa shape index (κ3) is 2.98. The lowest BCUT2D eigenvalue weighted by atomic mass is 10.2. The van der Waals surface area contributed by atoms with Gasteiger partial charge in [0.05, 0.1) is 11.9 Å². The molecule has 2 rings (SSSR count). The topological polar surface area (TPSA) is 55.1 Å². The summed E-state index contributed by atoms with van der Waals surface area (Å²) >= 11 is 1.64. The molecule has 0 saturated carbocycles. The van der Waals surface area contributed by atoms with E-state index in [0.29, 0.717) is 5.75 Å². The highest BCUT2D eigenvalue weighted by molar-refractivity contribution is 7.98. The standard InChI is InChI=1S/C14H16N2O2S/c1-9-4-5-10(2)13(6-9)19-8-12-11(14(17)18)7-15-16(12)3/h4-7H,8H2,1-3H3,(H,17,18). The first-order valence-corrected chi connectivity index (χ1v) is 6.92. The van der Waals surface area contributed by atoms with Crippen molar-refractivity contribution >= 4 is 17.7 Å². The zero-order valence-electron chi connectivity index (χ0n) is 11.2. The van der Waals surface area contributed by atoms with Gasteiger partial charge in [0.2, 0.25) is 0 Å². The van der Waals surface area contributed by atoms with Crippen molar-refractivity contribution in [3.63, 3.8) is 0 Å². The minimum absolute atomic E-state index is 0.278. The zero-order chi connectivity index (χ0) is 14.0. The summed E-state index contributed by atoms with van der Waals surface area (Å²) in [5.74, 6) is -0.327. The number of aromatic nitrogens is 2. The van der Waals surface area contributed by atoms with E-state index in [1.807, 2.05) is 0 Å². The molecule has 5 heteroatoms. The van der Waals surface area contributed by atoms with Gasteiger partial charge in [-0.3, -0.25) is 4.68 Å². The number of carboxylic acid groups (broad SMARTS) is 1. The Hall–Kier alpha value is -1.75. The van der Waals surface area contributed by atoms with Crippen LogP contribution in [0.25, 0.3) is 0 Å². The van der Waals surface area contributed by atoms with Crippen LogP contribution < -0.4 is 0 Å². The monoisotopic (exact) mass is 276 g/mol. The van der Waals surface area contributed by atoms with Gasteiger partial charge in [0, 0.05) is 17.7 Å². The number of carbonyl (C=O) groups is 1. The number of hydrogen-bond acceptors (Lipinski definition) is 3. The van der Waals surface area contributed by atoms with Crippen LogP contribution in [0.15, 0.2) is 29.3 Å². The van der Waals surface area contributed by atoms with Crippen molar-refractivity contribution in [2.45, 2.75) is 24.5 Å². The van der Waals surface area contributed by atoms with E-state index in [9.17, 15) is 4.79 Å². The lowest BCUT2D eigenvalue weighted by Gasteiger charge is -2.08. The van der Waals surface area contributed by atoms with Gasteiger partial charge in [-0.2, -0.15) is 5.10 Å². The Kier molecular flexibility index (Phi) is 3.95. The summed E-state index contributed by atoms with van der Waals surface area (Å²) in [6, 6.07) is 6.28. The maximum Gasteiger partial charge on any atom is 0.339 e. The zero-order valence-corrected chi connectivity index (χ0v) is 12.0. The molecule has 0 aliphatic rings. The molecule has 4 nitrogen and oxygen atoms in total. The second kappa shape index (κ2) is 5.48. The van der Waals surface area contributed by atoms with Crippen LogP contribution in [0.4, 0.5) is 0 Å². The molecule has 2 aromatic rings. The van der Waals surface area contributed by atoms with E-state index in [2.05, 4.69) is 37.1 Å². The number of hydrogen-bond donors (Lipinski definition) is 1. The molecule has 0 fully saturated rings. The molecular weight excluding hydrogens is 260 g/mol. The number of nitrogens with zero attached hydrogens (tertiary/aromatic N) is 2. The number of aromatic carboxylic acids is 1. The largest absolute Gasteiger partial charge is 0.478 e. The summed E-state index contributed by atoms with van der Waals surface area (Å²) in [7, 11) is 1.77. The quantitative estimate of drug-likeness (QED) is 0.872. The van der Waals surface area contributed by atoms with Crippen LogP contribution in [0.3, 0.4) is 0 Å². The van der Waals surface area contributed by atoms with Gasteiger partial charge < -0.3 is 5.11 Å². The van der Waals surface area contributed by atoms with E-state index in [4.69, 9.17) is 5.11 Å². The Balaban J connectivity index is 2.21. The predicted octanol–water partition coefficient (Wildman–Crippen LogP) is 3.03. The summed E-state index contributed by atoms with van der Waals surface area (Å²) in [5, 5.41) is 13.1. The van der Waals surface area contributed by atoms with Gasteiger partial charge in [-0.05, 0) is 25.5 Å². The fourth-order valence-electron chi connectivity index (χ4n) is 1.82. The molecule has 1 aromatic carbocycles. The van der Waals surface area contributed by atoms with Crippen LogP contribution in [-0.4, -0.2) is 20.9 Å². The first-order chi connectivity index (χ1) is 8.99.